The van der Waals surface area contributed by atoms with E-state index in [-0.39, 0.29) is 23.3 Å². The SMILES string of the molecule is COc1cc(CCCO)cc(Nc2nc3ccccc3nc2NS(=O)(=O)c2cn(C)cn2)c1. The summed E-state index contributed by atoms with van der Waals surface area (Å²) in [5, 5.41) is 12.2. The highest BCUT2D eigenvalue weighted by Crippen LogP contribution is 2.29. The Kier molecular flexibility index (Phi) is 6.43. The van der Waals surface area contributed by atoms with Gasteiger partial charge in [-0.1, -0.05) is 12.1 Å². The zero-order valence-electron chi connectivity index (χ0n) is 18.2. The van der Waals surface area contributed by atoms with Crippen molar-refractivity contribution in [2.75, 3.05) is 23.8 Å². The molecule has 0 aliphatic carbocycles. The van der Waals surface area contributed by atoms with Crippen LogP contribution in [0.4, 0.5) is 17.3 Å². The number of aliphatic hydroxyl groups is 1. The summed E-state index contributed by atoms with van der Waals surface area (Å²) in [7, 11) is -0.733. The lowest BCUT2D eigenvalue weighted by molar-refractivity contribution is 0.288. The van der Waals surface area contributed by atoms with Gasteiger partial charge < -0.3 is 19.7 Å². The number of methoxy groups -OCH3 is 1. The molecule has 0 spiro atoms. The first-order valence-electron chi connectivity index (χ1n) is 10.2. The van der Waals surface area contributed by atoms with Crippen molar-refractivity contribution < 1.29 is 18.3 Å². The summed E-state index contributed by atoms with van der Waals surface area (Å²) in [6.07, 6.45) is 4.08. The zero-order chi connectivity index (χ0) is 23.4. The lowest BCUT2D eigenvalue weighted by Crippen LogP contribution is -2.16. The summed E-state index contributed by atoms with van der Waals surface area (Å²) in [5.41, 5.74) is 2.74. The first-order chi connectivity index (χ1) is 15.9. The number of benzene rings is 2. The average Bonchev–Trinajstić information content (AvgIpc) is 3.25. The van der Waals surface area contributed by atoms with Gasteiger partial charge in [0.05, 0.1) is 24.5 Å². The summed E-state index contributed by atoms with van der Waals surface area (Å²) in [6, 6.07) is 12.7. The molecule has 0 saturated heterocycles. The van der Waals surface area contributed by atoms with E-state index in [4.69, 9.17) is 9.84 Å². The predicted molar refractivity (Wildman–Crippen MR) is 125 cm³/mol. The first kappa shape index (κ1) is 22.5. The van der Waals surface area contributed by atoms with Gasteiger partial charge in [-0.25, -0.2) is 15.0 Å². The van der Waals surface area contributed by atoms with Gasteiger partial charge in [-0.15, -0.1) is 0 Å². The lowest BCUT2D eigenvalue weighted by atomic mass is 10.1. The molecule has 0 fully saturated rings. The highest BCUT2D eigenvalue weighted by molar-refractivity contribution is 7.92. The molecule has 0 amide bonds. The Morgan fingerprint density at radius 3 is 2.45 bits per heavy atom. The van der Waals surface area contributed by atoms with E-state index in [1.165, 1.54) is 12.5 Å². The quantitative estimate of drug-likeness (QED) is 0.342. The first-order valence-corrected chi connectivity index (χ1v) is 11.7. The summed E-state index contributed by atoms with van der Waals surface area (Å²) < 4.78 is 35.2. The van der Waals surface area contributed by atoms with Crippen LogP contribution in [0.2, 0.25) is 0 Å². The second-order valence-corrected chi connectivity index (χ2v) is 9.04. The Balaban J connectivity index is 1.75. The number of aryl methyl sites for hydroxylation is 2. The minimum absolute atomic E-state index is 0.0408. The number of aromatic nitrogens is 4. The number of hydrogen-bond acceptors (Lipinski definition) is 8. The number of nitrogens with zero attached hydrogens (tertiary/aromatic N) is 4. The molecular formula is C22H24N6O4S. The number of sulfonamides is 1. The molecule has 0 bridgehead atoms. The third kappa shape index (κ3) is 5.21. The molecule has 33 heavy (non-hydrogen) atoms. The monoisotopic (exact) mass is 468 g/mol. The number of fused-ring (bicyclic) bond motifs is 1. The number of anilines is 3. The molecule has 172 valence electrons. The predicted octanol–water partition coefficient (Wildman–Crippen LogP) is 2.84. The fraction of sp³-hybridized carbons (Fsp3) is 0.227. The third-order valence-corrected chi connectivity index (χ3v) is 6.07. The highest BCUT2D eigenvalue weighted by atomic mass is 32.2. The molecule has 0 saturated carbocycles. The number of nitrogens with one attached hydrogen (secondary N) is 2. The maximum absolute atomic E-state index is 12.9. The van der Waals surface area contributed by atoms with E-state index in [1.807, 2.05) is 18.2 Å². The van der Waals surface area contributed by atoms with Crippen LogP contribution in [0, 0.1) is 0 Å². The van der Waals surface area contributed by atoms with Gasteiger partial charge in [-0.2, -0.15) is 8.42 Å². The molecule has 3 N–H and O–H groups in total. The zero-order valence-corrected chi connectivity index (χ0v) is 19.0. The number of imidazole rings is 1. The molecular weight excluding hydrogens is 444 g/mol. The van der Waals surface area contributed by atoms with Gasteiger partial charge in [0.15, 0.2) is 16.7 Å². The topological polar surface area (TPSA) is 131 Å². The Hall–Kier alpha value is -3.70. The van der Waals surface area contributed by atoms with Crippen molar-refractivity contribution in [1.82, 2.24) is 19.5 Å². The smallest absolute Gasteiger partial charge is 0.282 e. The Labute approximate surface area is 191 Å². The van der Waals surface area contributed by atoms with Crippen LogP contribution < -0.4 is 14.8 Å². The van der Waals surface area contributed by atoms with Crippen molar-refractivity contribution >= 4 is 38.4 Å². The fourth-order valence-electron chi connectivity index (χ4n) is 3.28. The maximum atomic E-state index is 12.9. The molecule has 2 heterocycles. The van der Waals surface area contributed by atoms with Gasteiger partial charge in [0, 0.05) is 31.6 Å². The third-order valence-electron chi connectivity index (χ3n) is 4.85. The van der Waals surface area contributed by atoms with Crippen LogP contribution in [-0.4, -0.2) is 46.8 Å². The van der Waals surface area contributed by atoms with Crippen LogP contribution in [0.1, 0.15) is 12.0 Å². The molecule has 10 nitrogen and oxygen atoms in total. The van der Waals surface area contributed by atoms with Gasteiger partial charge >= 0.3 is 0 Å². The number of aliphatic hydroxyl groups excluding tert-OH is 1. The highest BCUT2D eigenvalue weighted by Gasteiger charge is 2.21. The van der Waals surface area contributed by atoms with Crippen LogP contribution in [0.5, 0.6) is 5.75 Å². The Bertz CT molecular complexity index is 1390. The van der Waals surface area contributed by atoms with E-state index >= 15 is 0 Å². The number of ether oxygens (including phenoxy) is 1. The molecule has 4 rings (SSSR count). The van der Waals surface area contributed by atoms with E-state index in [1.54, 1.807) is 43.0 Å². The summed E-state index contributed by atoms with van der Waals surface area (Å²) >= 11 is 0. The second-order valence-electron chi connectivity index (χ2n) is 7.41. The summed E-state index contributed by atoms with van der Waals surface area (Å²) in [6.45, 7) is 0.0789. The largest absolute Gasteiger partial charge is 0.497 e. The molecule has 0 radical (unpaired) electrons. The summed E-state index contributed by atoms with van der Waals surface area (Å²) in [5.74, 6) is 0.894. The molecule has 0 aliphatic heterocycles. The van der Waals surface area contributed by atoms with Crippen molar-refractivity contribution in [3.05, 3.63) is 60.6 Å². The van der Waals surface area contributed by atoms with E-state index < -0.39 is 10.0 Å². The maximum Gasteiger partial charge on any atom is 0.282 e. The van der Waals surface area contributed by atoms with Gasteiger partial charge in [-0.05, 0) is 42.7 Å². The number of rotatable bonds is 9. The van der Waals surface area contributed by atoms with Gasteiger partial charge in [0.25, 0.3) is 10.0 Å². The molecule has 2 aromatic heterocycles. The molecule has 2 aromatic carbocycles. The number of para-hydroxylation sites is 2. The van der Waals surface area contributed by atoms with E-state index in [0.717, 1.165) is 5.56 Å². The van der Waals surface area contributed by atoms with Crippen molar-refractivity contribution in [2.24, 2.45) is 7.05 Å². The molecule has 0 atom stereocenters. The standard InChI is InChI=1S/C22H24N6O4S/c1-28-13-20(23-14-28)33(30,31)27-22-21(25-18-7-3-4-8-19(18)26-22)24-16-10-15(6-5-9-29)11-17(12-16)32-2/h3-4,7-8,10-14,29H,5-6,9H2,1-2H3,(H,24,25)(H,26,27). The fourth-order valence-corrected chi connectivity index (χ4v) is 4.27. The molecule has 0 aliphatic rings. The Morgan fingerprint density at radius 1 is 1.09 bits per heavy atom. The van der Waals surface area contributed by atoms with Crippen molar-refractivity contribution in [3.63, 3.8) is 0 Å². The van der Waals surface area contributed by atoms with Gasteiger partial charge in [0.1, 0.15) is 5.75 Å². The minimum Gasteiger partial charge on any atom is -0.497 e. The molecule has 4 aromatic rings. The van der Waals surface area contributed by atoms with Crippen molar-refractivity contribution in [3.8, 4) is 5.75 Å². The van der Waals surface area contributed by atoms with Crippen LogP contribution in [0.25, 0.3) is 11.0 Å². The van der Waals surface area contributed by atoms with E-state index in [2.05, 4.69) is 25.0 Å². The van der Waals surface area contributed by atoms with Gasteiger partial charge in [-0.3, -0.25) is 4.72 Å². The molecule has 0 unspecified atom stereocenters. The lowest BCUT2D eigenvalue weighted by Gasteiger charge is -2.15. The summed E-state index contributed by atoms with van der Waals surface area (Å²) in [4.78, 5) is 13.0. The van der Waals surface area contributed by atoms with Crippen LogP contribution in [0.15, 0.2) is 60.0 Å². The average molecular weight is 469 g/mol. The Morgan fingerprint density at radius 2 is 1.82 bits per heavy atom. The van der Waals surface area contributed by atoms with Crippen LogP contribution in [-0.2, 0) is 23.5 Å². The van der Waals surface area contributed by atoms with E-state index in [9.17, 15) is 8.42 Å². The van der Waals surface area contributed by atoms with Crippen LogP contribution in [0.3, 0.4) is 0 Å². The van der Waals surface area contributed by atoms with Crippen molar-refractivity contribution in [2.45, 2.75) is 17.9 Å². The normalized spacial score (nSPS) is 11.5. The van der Waals surface area contributed by atoms with Crippen molar-refractivity contribution in [1.29, 1.82) is 0 Å². The second kappa shape index (κ2) is 9.43. The van der Waals surface area contributed by atoms with Crippen LogP contribution >= 0.6 is 0 Å². The molecule has 11 heteroatoms. The van der Waals surface area contributed by atoms with E-state index in [0.29, 0.717) is 35.3 Å². The minimum atomic E-state index is -3.99. The number of hydrogen-bond donors (Lipinski definition) is 3. The van der Waals surface area contributed by atoms with Gasteiger partial charge in [0.2, 0.25) is 0 Å².